The van der Waals surface area contributed by atoms with Crippen LogP contribution in [-0.2, 0) is 6.61 Å². The largest absolute Gasteiger partial charge is 0.454 e. The first-order valence-corrected chi connectivity index (χ1v) is 6.38. The fourth-order valence-corrected chi connectivity index (χ4v) is 1.65. The Balaban J connectivity index is 2.27. The van der Waals surface area contributed by atoms with Gasteiger partial charge >= 0.3 is 0 Å². The Kier molecular flexibility index (Phi) is 4.35. The van der Waals surface area contributed by atoms with Crippen molar-refractivity contribution in [3.05, 3.63) is 47.0 Å². The number of hydrogen-bond donors (Lipinski definition) is 1. The first-order valence-electron chi connectivity index (χ1n) is 6.00. The minimum Gasteiger partial charge on any atom is -0.454 e. The van der Waals surface area contributed by atoms with Crippen molar-refractivity contribution in [1.82, 2.24) is 9.97 Å². The zero-order valence-corrected chi connectivity index (χ0v) is 11.6. The Labute approximate surface area is 117 Å². The van der Waals surface area contributed by atoms with Gasteiger partial charge in [-0.1, -0.05) is 25.4 Å². The topological polar surface area (TPSA) is 55.2 Å². The lowest BCUT2D eigenvalue weighted by atomic mass is 10.2. The summed E-state index contributed by atoms with van der Waals surface area (Å²) in [6.45, 7) is 3.80. The molecule has 100 valence electrons. The van der Waals surface area contributed by atoms with E-state index in [1.165, 1.54) is 0 Å². The lowest BCUT2D eigenvalue weighted by Crippen LogP contribution is -2.03. The van der Waals surface area contributed by atoms with E-state index in [1.807, 2.05) is 13.8 Å². The zero-order chi connectivity index (χ0) is 13.8. The van der Waals surface area contributed by atoms with Crippen LogP contribution in [0.3, 0.4) is 0 Å². The van der Waals surface area contributed by atoms with E-state index in [9.17, 15) is 5.11 Å². The van der Waals surface area contributed by atoms with Gasteiger partial charge in [0.1, 0.15) is 17.3 Å². The average Bonchev–Trinajstić information content (AvgIpc) is 2.41. The van der Waals surface area contributed by atoms with Crippen LogP contribution in [0.15, 0.2) is 30.5 Å². The van der Waals surface area contributed by atoms with Gasteiger partial charge in [-0.05, 0) is 24.3 Å². The lowest BCUT2D eigenvalue weighted by molar-refractivity contribution is 0.270. The molecule has 0 aliphatic carbocycles. The second-order valence-electron chi connectivity index (χ2n) is 4.41. The van der Waals surface area contributed by atoms with E-state index in [-0.39, 0.29) is 12.5 Å². The number of halogens is 1. The number of benzene rings is 1. The van der Waals surface area contributed by atoms with E-state index in [0.29, 0.717) is 28.0 Å². The van der Waals surface area contributed by atoms with Crippen molar-refractivity contribution in [2.24, 2.45) is 0 Å². The number of ether oxygens (including phenoxy) is 1. The van der Waals surface area contributed by atoms with Gasteiger partial charge in [0.15, 0.2) is 5.75 Å². The smallest absolute Gasteiger partial charge is 0.169 e. The van der Waals surface area contributed by atoms with Crippen LogP contribution in [0, 0.1) is 0 Å². The summed E-state index contributed by atoms with van der Waals surface area (Å²) in [5.74, 6) is 1.97. The number of aliphatic hydroxyl groups excluding tert-OH is 1. The lowest BCUT2D eigenvalue weighted by Gasteiger charge is -2.11. The molecule has 0 amide bonds. The molecule has 19 heavy (non-hydrogen) atoms. The van der Waals surface area contributed by atoms with Crippen LogP contribution in [0.4, 0.5) is 0 Å². The molecule has 0 aliphatic heterocycles. The summed E-state index contributed by atoms with van der Waals surface area (Å²) in [7, 11) is 0. The first-order chi connectivity index (χ1) is 9.10. The Morgan fingerprint density at radius 1 is 1.26 bits per heavy atom. The van der Waals surface area contributed by atoms with Crippen LogP contribution >= 0.6 is 11.6 Å². The summed E-state index contributed by atoms with van der Waals surface area (Å²) in [5.41, 5.74) is 0.480. The molecule has 1 N–H and O–H groups in total. The zero-order valence-electron chi connectivity index (χ0n) is 10.8. The summed E-state index contributed by atoms with van der Waals surface area (Å²) >= 11 is 5.81. The van der Waals surface area contributed by atoms with Gasteiger partial charge in [-0.2, -0.15) is 0 Å². The number of aromatic nitrogens is 2. The summed E-state index contributed by atoms with van der Waals surface area (Å²) < 4.78 is 5.65. The third-order valence-electron chi connectivity index (χ3n) is 2.56. The van der Waals surface area contributed by atoms with Crippen LogP contribution < -0.4 is 4.74 Å². The van der Waals surface area contributed by atoms with Crippen molar-refractivity contribution >= 4 is 11.6 Å². The molecule has 1 aromatic heterocycles. The molecule has 0 aliphatic rings. The molecule has 0 spiro atoms. The number of hydrogen-bond acceptors (Lipinski definition) is 4. The van der Waals surface area contributed by atoms with Crippen LogP contribution in [-0.4, -0.2) is 15.1 Å². The minimum atomic E-state index is -0.189. The Morgan fingerprint density at radius 2 is 1.95 bits per heavy atom. The molecule has 5 heteroatoms. The van der Waals surface area contributed by atoms with E-state index >= 15 is 0 Å². The monoisotopic (exact) mass is 278 g/mol. The van der Waals surface area contributed by atoms with Crippen LogP contribution in [0.1, 0.15) is 31.3 Å². The molecule has 4 nitrogen and oxygen atoms in total. The Hall–Kier alpha value is -1.65. The number of rotatable bonds is 4. The Morgan fingerprint density at radius 3 is 2.53 bits per heavy atom. The van der Waals surface area contributed by atoms with E-state index in [1.54, 1.807) is 30.5 Å². The highest BCUT2D eigenvalue weighted by molar-refractivity contribution is 6.30. The van der Waals surface area contributed by atoms with Gasteiger partial charge in [0.2, 0.25) is 0 Å². The quantitative estimate of drug-likeness (QED) is 0.929. The van der Waals surface area contributed by atoms with Gasteiger partial charge in [0.05, 0.1) is 12.8 Å². The molecule has 0 saturated carbocycles. The van der Waals surface area contributed by atoms with Gasteiger partial charge in [-0.3, -0.25) is 0 Å². The van der Waals surface area contributed by atoms with Gasteiger partial charge < -0.3 is 9.84 Å². The SMILES string of the molecule is CC(C)c1ncc(Oc2ccc(Cl)cc2)c(CO)n1. The van der Waals surface area contributed by atoms with Crippen molar-refractivity contribution in [1.29, 1.82) is 0 Å². The van der Waals surface area contributed by atoms with Crippen molar-refractivity contribution in [3.8, 4) is 11.5 Å². The van der Waals surface area contributed by atoms with Crippen molar-refractivity contribution < 1.29 is 9.84 Å². The standard InChI is InChI=1S/C14H15ClN2O2/c1-9(2)14-16-7-13(12(8-18)17-14)19-11-5-3-10(15)4-6-11/h3-7,9,18H,8H2,1-2H3. The molecule has 1 heterocycles. The van der Waals surface area contributed by atoms with Crippen molar-refractivity contribution in [2.45, 2.75) is 26.4 Å². The minimum absolute atomic E-state index is 0.189. The molecule has 2 rings (SSSR count). The molecular weight excluding hydrogens is 264 g/mol. The van der Waals surface area contributed by atoms with E-state index in [0.717, 1.165) is 0 Å². The van der Waals surface area contributed by atoms with Crippen molar-refractivity contribution in [3.63, 3.8) is 0 Å². The predicted molar refractivity (Wildman–Crippen MR) is 73.6 cm³/mol. The van der Waals surface area contributed by atoms with Gasteiger partial charge in [0, 0.05) is 10.9 Å². The summed E-state index contributed by atoms with van der Waals surface area (Å²) in [6, 6.07) is 6.97. The third-order valence-corrected chi connectivity index (χ3v) is 2.81. The predicted octanol–water partition coefficient (Wildman–Crippen LogP) is 3.54. The van der Waals surface area contributed by atoms with Crippen LogP contribution in [0.2, 0.25) is 5.02 Å². The Bertz CT molecular complexity index is 556. The summed E-state index contributed by atoms with van der Waals surface area (Å²) in [5, 5.41) is 10.00. The number of aliphatic hydroxyl groups is 1. The second-order valence-corrected chi connectivity index (χ2v) is 4.84. The van der Waals surface area contributed by atoms with Gasteiger partial charge in [-0.25, -0.2) is 9.97 Å². The highest BCUT2D eigenvalue weighted by Gasteiger charge is 2.10. The van der Waals surface area contributed by atoms with Crippen molar-refractivity contribution in [2.75, 3.05) is 0 Å². The molecule has 2 aromatic rings. The maximum absolute atomic E-state index is 9.36. The molecule has 0 saturated heterocycles. The maximum Gasteiger partial charge on any atom is 0.169 e. The summed E-state index contributed by atoms with van der Waals surface area (Å²) in [4.78, 5) is 8.52. The first kappa shape index (κ1) is 13.8. The van der Waals surface area contributed by atoms with E-state index in [2.05, 4.69) is 9.97 Å². The van der Waals surface area contributed by atoms with Gasteiger partial charge in [0.25, 0.3) is 0 Å². The van der Waals surface area contributed by atoms with E-state index in [4.69, 9.17) is 16.3 Å². The molecule has 1 aromatic carbocycles. The average molecular weight is 279 g/mol. The molecule has 0 atom stereocenters. The molecule has 0 bridgehead atoms. The normalized spacial score (nSPS) is 10.8. The maximum atomic E-state index is 9.36. The fraction of sp³-hybridized carbons (Fsp3) is 0.286. The second kappa shape index (κ2) is 5.99. The number of nitrogens with zero attached hydrogens (tertiary/aromatic N) is 2. The molecular formula is C14H15ClN2O2. The van der Waals surface area contributed by atoms with Crippen LogP contribution in [0.25, 0.3) is 0 Å². The highest BCUT2D eigenvalue weighted by Crippen LogP contribution is 2.25. The molecule has 0 unspecified atom stereocenters. The van der Waals surface area contributed by atoms with E-state index < -0.39 is 0 Å². The molecule has 0 radical (unpaired) electrons. The third kappa shape index (κ3) is 3.43. The fourth-order valence-electron chi connectivity index (χ4n) is 1.53. The summed E-state index contributed by atoms with van der Waals surface area (Å²) in [6.07, 6.45) is 1.59. The molecule has 0 fully saturated rings. The highest BCUT2D eigenvalue weighted by atomic mass is 35.5. The van der Waals surface area contributed by atoms with Crippen LogP contribution in [0.5, 0.6) is 11.5 Å². The van der Waals surface area contributed by atoms with Gasteiger partial charge in [-0.15, -0.1) is 0 Å².